The molecule has 41 heavy (non-hydrogen) atoms. The van der Waals surface area contributed by atoms with E-state index in [0.29, 0.717) is 0 Å². The first-order valence-electron chi connectivity index (χ1n) is 15.2. The van der Waals surface area contributed by atoms with Crippen LogP contribution in [-0.2, 0) is 12.8 Å². The Balaban J connectivity index is 0.000000226. The van der Waals surface area contributed by atoms with Gasteiger partial charge in [0.2, 0.25) is 0 Å². The van der Waals surface area contributed by atoms with Crippen LogP contribution in [-0.4, -0.2) is 0 Å². The zero-order chi connectivity index (χ0) is 29.6. The van der Waals surface area contributed by atoms with E-state index < -0.39 is 0 Å². The Morgan fingerprint density at radius 3 is 1.51 bits per heavy atom. The Kier molecular flexibility index (Phi) is 16.3. The third-order valence-electron chi connectivity index (χ3n) is 7.94. The Labute approximate surface area is 288 Å². The van der Waals surface area contributed by atoms with Gasteiger partial charge in [0.25, 0.3) is 0 Å². The van der Waals surface area contributed by atoms with Crippen LogP contribution >= 0.6 is 77.1 Å². The molecule has 2 aromatic heterocycles. The fraction of sp³-hybridized carbons (Fsp3) is 0.444. The summed E-state index contributed by atoms with van der Waals surface area (Å²) in [6.45, 7) is 9.19. The molecule has 4 rings (SSSR count). The standard InChI is InChI=1S/C18H22BrIS.C18H23BrS/c1-3-5-6-13(4-2)11-14-7-9-15(10-8-14)16-12-17(20)21-18(16)19;1-3-5-6-14(4-2)13-15-7-9-16(10-8-15)17-11-12-20-18(17)19/h7-10,12-13H,3-6,11H2,1-2H3;7-12,14H,3-6,13H2,1-2H3. The molecule has 0 aliphatic heterocycles. The Morgan fingerprint density at radius 2 is 1.15 bits per heavy atom. The lowest BCUT2D eigenvalue weighted by molar-refractivity contribution is 0.449. The highest BCUT2D eigenvalue weighted by molar-refractivity contribution is 14.1. The molecule has 0 N–H and O–H groups in total. The van der Waals surface area contributed by atoms with Crippen LogP contribution in [0.25, 0.3) is 22.3 Å². The van der Waals surface area contributed by atoms with Crippen LogP contribution in [0.2, 0.25) is 0 Å². The molecule has 0 fully saturated rings. The number of rotatable bonds is 14. The van der Waals surface area contributed by atoms with Crippen LogP contribution < -0.4 is 0 Å². The molecule has 0 nitrogen and oxygen atoms in total. The predicted octanol–water partition coefficient (Wildman–Crippen LogP) is 14.5. The monoisotopic (exact) mass is 826 g/mol. The zero-order valence-corrected chi connectivity index (χ0v) is 32.0. The first-order valence-corrected chi connectivity index (χ1v) is 19.6. The quantitative estimate of drug-likeness (QED) is 0.111. The number of hydrogen-bond donors (Lipinski definition) is 0. The molecule has 0 aliphatic rings. The molecule has 2 aromatic carbocycles. The smallest absolute Gasteiger partial charge is 0.0788 e. The minimum Gasteiger partial charge on any atom is -0.136 e. The molecule has 0 spiro atoms. The molecule has 2 atom stereocenters. The van der Waals surface area contributed by atoms with Crippen LogP contribution in [0.4, 0.5) is 0 Å². The van der Waals surface area contributed by atoms with Crippen LogP contribution in [0.1, 0.15) is 90.2 Å². The van der Waals surface area contributed by atoms with Gasteiger partial charge in [0, 0.05) is 11.1 Å². The van der Waals surface area contributed by atoms with E-state index in [1.54, 1.807) is 22.7 Å². The van der Waals surface area contributed by atoms with Crippen molar-refractivity contribution in [3.05, 3.63) is 87.6 Å². The molecule has 4 aromatic rings. The van der Waals surface area contributed by atoms with Gasteiger partial charge in [-0.3, -0.25) is 0 Å². The van der Waals surface area contributed by atoms with E-state index in [1.165, 1.54) is 108 Å². The van der Waals surface area contributed by atoms with Gasteiger partial charge < -0.3 is 0 Å². The van der Waals surface area contributed by atoms with Crippen molar-refractivity contribution in [2.24, 2.45) is 11.8 Å². The van der Waals surface area contributed by atoms with E-state index in [1.807, 2.05) is 0 Å². The molecule has 222 valence electrons. The summed E-state index contributed by atoms with van der Waals surface area (Å²) in [5.74, 6) is 1.68. The third-order valence-corrected chi connectivity index (χ3v) is 12.2. The van der Waals surface area contributed by atoms with E-state index in [4.69, 9.17) is 0 Å². The van der Waals surface area contributed by atoms with Gasteiger partial charge in [-0.15, -0.1) is 22.7 Å². The van der Waals surface area contributed by atoms with Gasteiger partial charge in [-0.2, -0.15) is 0 Å². The molecule has 5 heteroatoms. The van der Waals surface area contributed by atoms with Crippen molar-refractivity contribution < 1.29 is 0 Å². The second-order valence-corrected chi connectivity index (χ2v) is 17.5. The Hall–Kier alpha value is -0.470. The van der Waals surface area contributed by atoms with Gasteiger partial charge in [0.15, 0.2) is 0 Å². The summed E-state index contributed by atoms with van der Waals surface area (Å²) < 4.78 is 3.78. The lowest BCUT2D eigenvalue weighted by atomic mass is 9.91. The molecule has 0 radical (unpaired) electrons. The summed E-state index contributed by atoms with van der Waals surface area (Å²) in [6, 6.07) is 22.7. The molecule has 2 unspecified atom stereocenters. The maximum absolute atomic E-state index is 3.67. The fourth-order valence-corrected chi connectivity index (χ4v) is 9.93. The molecule has 0 aliphatic carbocycles. The highest BCUT2D eigenvalue weighted by Crippen LogP contribution is 2.37. The van der Waals surface area contributed by atoms with Crippen LogP contribution in [0.5, 0.6) is 0 Å². The van der Waals surface area contributed by atoms with E-state index in [2.05, 4.69) is 148 Å². The minimum absolute atomic E-state index is 0.838. The third kappa shape index (κ3) is 11.5. The van der Waals surface area contributed by atoms with Crippen molar-refractivity contribution in [3.63, 3.8) is 0 Å². The van der Waals surface area contributed by atoms with Crippen molar-refractivity contribution >= 4 is 77.1 Å². The van der Waals surface area contributed by atoms with Crippen molar-refractivity contribution in [3.8, 4) is 22.3 Å². The lowest BCUT2D eigenvalue weighted by Crippen LogP contribution is -2.03. The summed E-state index contributed by atoms with van der Waals surface area (Å²) in [6.07, 6.45) is 13.1. The normalized spacial score (nSPS) is 12.6. The van der Waals surface area contributed by atoms with Crippen molar-refractivity contribution in [2.75, 3.05) is 0 Å². The molecular formula is C36H45Br2IS2. The maximum Gasteiger partial charge on any atom is 0.0788 e. The van der Waals surface area contributed by atoms with E-state index in [0.717, 1.165) is 11.8 Å². The van der Waals surface area contributed by atoms with Crippen molar-refractivity contribution in [1.29, 1.82) is 0 Å². The number of benzene rings is 2. The molecule has 0 saturated heterocycles. The number of thiophene rings is 2. The fourth-order valence-electron chi connectivity index (χ4n) is 5.23. The average Bonchev–Trinajstić information content (AvgIpc) is 3.57. The second kappa shape index (κ2) is 19.0. The summed E-state index contributed by atoms with van der Waals surface area (Å²) in [5, 5.41) is 2.13. The number of halogens is 3. The Bertz CT molecular complexity index is 1270. The van der Waals surface area contributed by atoms with Crippen molar-refractivity contribution in [2.45, 2.75) is 91.9 Å². The van der Waals surface area contributed by atoms with E-state index in [9.17, 15) is 0 Å². The number of unbranched alkanes of at least 4 members (excludes halogenated alkanes) is 2. The van der Waals surface area contributed by atoms with Crippen LogP contribution in [0, 0.1) is 14.7 Å². The first-order chi connectivity index (χ1) is 19.9. The average molecular weight is 829 g/mol. The van der Waals surface area contributed by atoms with Gasteiger partial charge in [-0.1, -0.05) is 128 Å². The van der Waals surface area contributed by atoms with E-state index >= 15 is 0 Å². The zero-order valence-electron chi connectivity index (χ0n) is 25.0. The van der Waals surface area contributed by atoms with Gasteiger partial charge >= 0.3 is 0 Å². The number of hydrogen-bond acceptors (Lipinski definition) is 2. The summed E-state index contributed by atoms with van der Waals surface area (Å²) >= 11 is 13.2. The van der Waals surface area contributed by atoms with Crippen LogP contribution in [0.15, 0.2) is 73.6 Å². The minimum atomic E-state index is 0.838. The SMILES string of the molecule is CCCCC(CC)Cc1ccc(-c2cc(I)sc2Br)cc1.CCCCC(CC)Cc1ccc(-c2ccsc2Br)cc1. The molecule has 0 amide bonds. The Morgan fingerprint density at radius 1 is 0.659 bits per heavy atom. The van der Waals surface area contributed by atoms with Gasteiger partial charge in [-0.05, 0) is 119 Å². The topological polar surface area (TPSA) is 0 Å². The second-order valence-electron chi connectivity index (χ2n) is 11.0. The maximum atomic E-state index is 3.67. The summed E-state index contributed by atoms with van der Waals surface area (Å²) in [5.41, 5.74) is 8.19. The van der Waals surface area contributed by atoms with Gasteiger partial charge in [-0.25, -0.2) is 0 Å². The van der Waals surface area contributed by atoms with Gasteiger partial charge in [0.05, 0.1) is 10.5 Å². The molecular weight excluding hydrogens is 783 g/mol. The lowest BCUT2D eigenvalue weighted by Gasteiger charge is -2.14. The largest absolute Gasteiger partial charge is 0.136 e. The summed E-state index contributed by atoms with van der Waals surface area (Å²) in [4.78, 5) is 0. The van der Waals surface area contributed by atoms with Crippen LogP contribution in [0.3, 0.4) is 0 Å². The molecule has 0 bridgehead atoms. The molecule has 0 saturated carbocycles. The first kappa shape index (κ1) is 35.0. The molecule has 2 heterocycles. The predicted molar refractivity (Wildman–Crippen MR) is 202 cm³/mol. The van der Waals surface area contributed by atoms with Gasteiger partial charge in [0.1, 0.15) is 0 Å². The highest BCUT2D eigenvalue weighted by atomic mass is 127. The summed E-state index contributed by atoms with van der Waals surface area (Å²) in [7, 11) is 0. The highest BCUT2D eigenvalue weighted by Gasteiger charge is 2.11. The van der Waals surface area contributed by atoms with E-state index in [-0.39, 0.29) is 0 Å². The van der Waals surface area contributed by atoms with Crippen molar-refractivity contribution in [1.82, 2.24) is 0 Å².